The van der Waals surface area contributed by atoms with Crippen molar-refractivity contribution in [1.29, 1.82) is 0 Å². The molecule has 2 heterocycles. The predicted molar refractivity (Wildman–Crippen MR) is 82.2 cm³/mol. The minimum Gasteiger partial charge on any atom is -0.497 e. The molecule has 120 valence electrons. The Labute approximate surface area is 133 Å². The molecule has 23 heavy (non-hydrogen) atoms. The van der Waals surface area contributed by atoms with E-state index in [9.17, 15) is 9.59 Å². The van der Waals surface area contributed by atoms with Crippen molar-refractivity contribution < 1.29 is 19.1 Å². The predicted octanol–water partition coefficient (Wildman–Crippen LogP) is 1.41. The maximum atomic E-state index is 12.0. The lowest BCUT2D eigenvalue weighted by atomic mass is 10.1. The Balaban J connectivity index is 1.94. The number of methoxy groups -OCH3 is 2. The van der Waals surface area contributed by atoms with Gasteiger partial charge >= 0.3 is 5.97 Å². The first kappa shape index (κ1) is 15.1. The number of carbonyl (C=O) groups is 2. The molecule has 7 heteroatoms. The Morgan fingerprint density at radius 1 is 1.35 bits per heavy atom. The van der Waals surface area contributed by atoms with Crippen LogP contribution in [0, 0.1) is 0 Å². The minimum absolute atomic E-state index is 0.160. The van der Waals surface area contributed by atoms with Gasteiger partial charge in [-0.05, 0) is 30.3 Å². The molecule has 7 nitrogen and oxygen atoms in total. The third kappa shape index (κ3) is 2.90. The quantitative estimate of drug-likeness (QED) is 0.863. The van der Waals surface area contributed by atoms with Crippen LogP contribution < -0.4 is 10.1 Å². The highest BCUT2D eigenvalue weighted by atomic mass is 16.5. The summed E-state index contributed by atoms with van der Waals surface area (Å²) in [5.41, 5.74) is 1.99. The molecule has 1 aromatic heterocycles. The summed E-state index contributed by atoms with van der Waals surface area (Å²) in [6, 6.07) is 8.89. The SMILES string of the molecule is COC(=O)CC1CNC(=O)c2cc(-c3ccc(OC)cc3)nn21. The molecule has 3 rings (SSSR count). The molecule has 1 atom stereocenters. The summed E-state index contributed by atoms with van der Waals surface area (Å²) in [6.45, 7) is 0.352. The van der Waals surface area contributed by atoms with Crippen molar-refractivity contribution in [2.45, 2.75) is 12.5 Å². The first-order valence-electron chi connectivity index (χ1n) is 7.21. The van der Waals surface area contributed by atoms with Gasteiger partial charge in [-0.15, -0.1) is 0 Å². The average Bonchev–Trinajstić information content (AvgIpc) is 3.04. The van der Waals surface area contributed by atoms with Crippen LogP contribution in [0.15, 0.2) is 30.3 Å². The number of amides is 1. The van der Waals surface area contributed by atoms with Gasteiger partial charge in [0.25, 0.3) is 5.91 Å². The molecule has 1 unspecified atom stereocenters. The Hall–Kier alpha value is -2.83. The molecular formula is C16H17N3O4. The van der Waals surface area contributed by atoms with Crippen molar-refractivity contribution in [1.82, 2.24) is 15.1 Å². The van der Waals surface area contributed by atoms with Crippen LogP contribution in [-0.2, 0) is 9.53 Å². The number of hydrogen-bond acceptors (Lipinski definition) is 5. The van der Waals surface area contributed by atoms with Crippen LogP contribution >= 0.6 is 0 Å². The van der Waals surface area contributed by atoms with Crippen LogP contribution in [0.1, 0.15) is 23.0 Å². The first-order chi connectivity index (χ1) is 11.1. The van der Waals surface area contributed by atoms with E-state index in [1.54, 1.807) is 17.9 Å². The molecular weight excluding hydrogens is 298 g/mol. The number of carbonyl (C=O) groups excluding carboxylic acids is 2. The molecule has 0 radical (unpaired) electrons. The number of nitrogens with one attached hydrogen (secondary N) is 1. The second-order valence-corrected chi connectivity index (χ2v) is 5.23. The van der Waals surface area contributed by atoms with Crippen LogP contribution in [0.25, 0.3) is 11.3 Å². The molecule has 0 fully saturated rings. The van der Waals surface area contributed by atoms with Crippen LogP contribution in [-0.4, -0.2) is 42.4 Å². The van der Waals surface area contributed by atoms with Gasteiger partial charge in [0.05, 0.1) is 32.4 Å². The van der Waals surface area contributed by atoms with E-state index in [-0.39, 0.29) is 24.3 Å². The number of benzene rings is 1. The highest BCUT2D eigenvalue weighted by Gasteiger charge is 2.29. The van der Waals surface area contributed by atoms with Gasteiger partial charge in [-0.3, -0.25) is 14.3 Å². The van der Waals surface area contributed by atoms with Gasteiger partial charge in [0.15, 0.2) is 0 Å². The van der Waals surface area contributed by atoms with Gasteiger partial charge in [-0.25, -0.2) is 0 Å². The number of nitrogens with zero attached hydrogens (tertiary/aromatic N) is 2. The lowest BCUT2D eigenvalue weighted by Crippen LogP contribution is -2.40. The molecule has 1 amide bonds. The Morgan fingerprint density at radius 2 is 2.09 bits per heavy atom. The second-order valence-electron chi connectivity index (χ2n) is 5.23. The molecule has 1 aromatic carbocycles. The topological polar surface area (TPSA) is 82.4 Å². The zero-order valence-corrected chi connectivity index (χ0v) is 12.9. The number of fused-ring (bicyclic) bond motifs is 1. The van der Waals surface area contributed by atoms with E-state index in [4.69, 9.17) is 9.47 Å². The highest BCUT2D eigenvalue weighted by Crippen LogP contribution is 2.26. The third-order valence-corrected chi connectivity index (χ3v) is 3.83. The fourth-order valence-corrected chi connectivity index (χ4v) is 2.57. The minimum atomic E-state index is -0.335. The van der Waals surface area contributed by atoms with Gasteiger partial charge in [0, 0.05) is 12.1 Å². The maximum Gasteiger partial charge on any atom is 0.307 e. The molecule has 0 aliphatic carbocycles. The van der Waals surface area contributed by atoms with Crippen molar-refractivity contribution in [3.63, 3.8) is 0 Å². The first-order valence-corrected chi connectivity index (χ1v) is 7.21. The van der Waals surface area contributed by atoms with Crippen LogP contribution in [0.5, 0.6) is 5.75 Å². The van der Waals surface area contributed by atoms with Crippen LogP contribution in [0.3, 0.4) is 0 Å². The zero-order chi connectivity index (χ0) is 16.4. The van der Waals surface area contributed by atoms with E-state index in [1.807, 2.05) is 24.3 Å². The van der Waals surface area contributed by atoms with Crippen molar-refractivity contribution >= 4 is 11.9 Å². The monoisotopic (exact) mass is 315 g/mol. The molecule has 0 bridgehead atoms. The summed E-state index contributed by atoms with van der Waals surface area (Å²) in [5.74, 6) is 0.219. The molecule has 0 spiro atoms. The fourth-order valence-electron chi connectivity index (χ4n) is 2.57. The molecule has 0 saturated carbocycles. The molecule has 2 aromatic rings. The summed E-state index contributed by atoms with van der Waals surface area (Å²) < 4.78 is 11.4. The van der Waals surface area contributed by atoms with Crippen molar-refractivity contribution in [2.75, 3.05) is 20.8 Å². The number of esters is 1. The maximum absolute atomic E-state index is 12.0. The molecule has 1 N–H and O–H groups in total. The Morgan fingerprint density at radius 3 is 2.74 bits per heavy atom. The van der Waals surface area contributed by atoms with Gasteiger partial charge in [0.1, 0.15) is 11.4 Å². The van der Waals surface area contributed by atoms with E-state index in [0.717, 1.165) is 11.3 Å². The zero-order valence-electron chi connectivity index (χ0n) is 12.9. The highest BCUT2D eigenvalue weighted by molar-refractivity contribution is 5.94. The van der Waals surface area contributed by atoms with E-state index < -0.39 is 0 Å². The Kier molecular flexibility index (Phi) is 4.01. The smallest absolute Gasteiger partial charge is 0.307 e. The second kappa shape index (κ2) is 6.12. The van der Waals surface area contributed by atoms with Crippen molar-refractivity contribution in [3.05, 3.63) is 36.0 Å². The summed E-state index contributed by atoms with van der Waals surface area (Å²) >= 11 is 0. The normalized spacial score (nSPS) is 16.4. The van der Waals surface area contributed by atoms with Crippen LogP contribution in [0.4, 0.5) is 0 Å². The summed E-state index contributed by atoms with van der Waals surface area (Å²) in [5, 5.41) is 7.28. The molecule has 1 aliphatic heterocycles. The van der Waals surface area contributed by atoms with E-state index in [2.05, 4.69) is 10.4 Å². The number of rotatable bonds is 4. The van der Waals surface area contributed by atoms with Gasteiger partial charge in [-0.2, -0.15) is 5.10 Å². The fraction of sp³-hybridized carbons (Fsp3) is 0.312. The summed E-state index contributed by atoms with van der Waals surface area (Å²) in [4.78, 5) is 23.6. The summed E-state index contributed by atoms with van der Waals surface area (Å²) in [6.07, 6.45) is 0.160. The lowest BCUT2D eigenvalue weighted by molar-refractivity contribution is -0.141. The van der Waals surface area contributed by atoms with Crippen molar-refractivity contribution in [2.24, 2.45) is 0 Å². The largest absolute Gasteiger partial charge is 0.497 e. The third-order valence-electron chi connectivity index (χ3n) is 3.83. The van der Waals surface area contributed by atoms with E-state index >= 15 is 0 Å². The van der Waals surface area contributed by atoms with Crippen LogP contribution in [0.2, 0.25) is 0 Å². The number of ether oxygens (including phenoxy) is 2. The van der Waals surface area contributed by atoms with Gasteiger partial charge < -0.3 is 14.8 Å². The summed E-state index contributed by atoms with van der Waals surface area (Å²) in [7, 11) is 2.95. The molecule has 1 aliphatic rings. The molecule has 0 saturated heterocycles. The van der Waals surface area contributed by atoms with Gasteiger partial charge in [-0.1, -0.05) is 0 Å². The van der Waals surface area contributed by atoms with E-state index in [0.29, 0.717) is 17.9 Å². The standard InChI is InChI=1S/C16H17N3O4/c1-22-12-5-3-10(4-6-12)13-8-14-16(21)17-9-11(19(14)18-13)7-15(20)23-2/h3-6,8,11H,7,9H2,1-2H3,(H,17,21). The van der Waals surface area contributed by atoms with Crippen molar-refractivity contribution in [3.8, 4) is 17.0 Å². The van der Waals surface area contributed by atoms with E-state index in [1.165, 1.54) is 7.11 Å². The lowest BCUT2D eigenvalue weighted by Gasteiger charge is -2.23. The van der Waals surface area contributed by atoms with Gasteiger partial charge in [0.2, 0.25) is 0 Å². The Bertz CT molecular complexity index is 736. The number of aromatic nitrogens is 2. The number of hydrogen-bond donors (Lipinski definition) is 1. The average molecular weight is 315 g/mol.